The molecular formula is C18H21NO2S. The number of benzene rings is 2. The van der Waals surface area contributed by atoms with Crippen molar-refractivity contribution in [2.75, 3.05) is 0 Å². The van der Waals surface area contributed by atoms with Gasteiger partial charge in [0, 0.05) is 0 Å². The molecule has 2 aromatic rings. The lowest BCUT2D eigenvalue weighted by atomic mass is 10.0. The molecule has 0 saturated carbocycles. The zero-order valence-electron chi connectivity index (χ0n) is 12.9. The monoisotopic (exact) mass is 315 g/mol. The Bertz CT molecular complexity index is 732. The maximum Gasteiger partial charge on any atom is 0.241 e. The number of rotatable bonds is 6. The number of hydrogen-bond donors (Lipinski definition) is 1. The fraction of sp³-hybridized carbons (Fsp3) is 0.222. The molecule has 0 radical (unpaired) electrons. The number of nitrogens with one attached hydrogen (secondary N) is 1. The van der Waals surface area contributed by atoms with Gasteiger partial charge in [-0.15, -0.1) is 6.58 Å². The second-order valence-corrected chi connectivity index (χ2v) is 7.14. The summed E-state index contributed by atoms with van der Waals surface area (Å²) in [6.07, 6.45) is 2.26. The molecule has 0 spiro atoms. The largest absolute Gasteiger partial charge is 0.241 e. The van der Waals surface area contributed by atoms with E-state index >= 15 is 0 Å². The van der Waals surface area contributed by atoms with Crippen LogP contribution in [0.1, 0.15) is 29.2 Å². The van der Waals surface area contributed by atoms with Gasteiger partial charge in [0.25, 0.3) is 0 Å². The van der Waals surface area contributed by atoms with Gasteiger partial charge in [-0.05, 0) is 38.0 Å². The lowest BCUT2D eigenvalue weighted by molar-refractivity contribution is 0.557. The smallest absolute Gasteiger partial charge is 0.207 e. The summed E-state index contributed by atoms with van der Waals surface area (Å²) in [7, 11) is -3.55. The van der Waals surface area contributed by atoms with Crippen molar-refractivity contribution in [3.8, 4) is 0 Å². The highest BCUT2D eigenvalue weighted by molar-refractivity contribution is 7.89. The van der Waals surface area contributed by atoms with Crippen LogP contribution >= 0.6 is 0 Å². The molecule has 2 rings (SSSR count). The summed E-state index contributed by atoms with van der Waals surface area (Å²) in [4.78, 5) is 0.277. The highest BCUT2D eigenvalue weighted by Crippen LogP contribution is 2.21. The Kier molecular flexibility index (Phi) is 5.16. The number of sulfonamides is 1. The Morgan fingerprint density at radius 1 is 1.00 bits per heavy atom. The van der Waals surface area contributed by atoms with Gasteiger partial charge in [-0.25, -0.2) is 13.1 Å². The van der Waals surface area contributed by atoms with Crippen molar-refractivity contribution >= 4 is 10.0 Å². The Morgan fingerprint density at radius 2 is 1.50 bits per heavy atom. The average Bonchev–Trinajstić information content (AvgIpc) is 2.48. The molecule has 3 nitrogen and oxygen atoms in total. The van der Waals surface area contributed by atoms with Crippen molar-refractivity contribution in [2.45, 2.75) is 31.2 Å². The number of hydrogen-bond acceptors (Lipinski definition) is 2. The van der Waals surface area contributed by atoms with E-state index in [0.717, 1.165) is 16.7 Å². The molecule has 116 valence electrons. The minimum Gasteiger partial charge on any atom is -0.207 e. The van der Waals surface area contributed by atoms with Crippen LogP contribution in [0.5, 0.6) is 0 Å². The summed E-state index contributed by atoms with van der Waals surface area (Å²) in [6, 6.07) is 14.4. The standard InChI is InChI=1S/C18H21NO2S/c1-4-5-18(16-10-6-14(2)7-11-16)19-22(20,21)17-12-8-15(3)9-13-17/h4,6-13,18-19H,1,5H2,2-3H3. The fourth-order valence-corrected chi connectivity index (χ4v) is 3.43. The molecule has 0 aliphatic rings. The third-order valence-corrected chi connectivity index (χ3v) is 5.00. The van der Waals surface area contributed by atoms with Crippen LogP contribution in [0, 0.1) is 13.8 Å². The zero-order chi connectivity index (χ0) is 16.2. The van der Waals surface area contributed by atoms with Crippen molar-refractivity contribution in [1.82, 2.24) is 4.72 Å². The van der Waals surface area contributed by atoms with Gasteiger partial charge in [0.2, 0.25) is 10.0 Å². The van der Waals surface area contributed by atoms with Crippen LogP contribution in [-0.2, 0) is 10.0 Å². The predicted molar refractivity (Wildman–Crippen MR) is 90.2 cm³/mol. The molecule has 2 aromatic carbocycles. The molecule has 1 unspecified atom stereocenters. The van der Waals surface area contributed by atoms with Crippen molar-refractivity contribution in [3.63, 3.8) is 0 Å². The first-order valence-electron chi connectivity index (χ1n) is 7.19. The van der Waals surface area contributed by atoms with Crippen molar-refractivity contribution < 1.29 is 8.42 Å². The molecule has 0 aliphatic carbocycles. The van der Waals surface area contributed by atoms with E-state index < -0.39 is 10.0 Å². The average molecular weight is 315 g/mol. The molecule has 4 heteroatoms. The molecule has 0 bridgehead atoms. The maximum atomic E-state index is 12.5. The van der Waals surface area contributed by atoms with E-state index in [0.29, 0.717) is 6.42 Å². The Labute approximate surface area is 132 Å². The lowest BCUT2D eigenvalue weighted by Gasteiger charge is -2.18. The van der Waals surface area contributed by atoms with Crippen LogP contribution in [0.25, 0.3) is 0 Å². The Balaban J connectivity index is 2.28. The van der Waals surface area contributed by atoms with Crippen molar-refractivity contribution in [1.29, 1.82) is 0 Å². The third kappa shape index (κ3) is 4.06. The maximum absolute atomic E-state index is 12.5. The van der Waals surface area contributed by atoms with E-state index in [-0.39, 0.29) is 10.9 Å². The highest BCUT2D eigenvalue weighted by Gasteiger charge is 2.20. The van der Waals surface area contributed by atoms with Gasteiger partial charge in [0.15, 0.2) is 0 Å². The molecule has 1 N–H and O–H groups in total. The number of aryl methyl sites for hydroxylation is 2. The van der Waals surface area contributed by atoms with Crippen LogP contribution in [0.2, 0.25) is 0 Å². The quantitative estimate of drug-likeness (QED) is 0.822. The predicted octanol–water partition coefficient (Wildman–Crippen LogP) is 3.90. The van der Waals surface area contributed by atoms with Gasteiger partial charge in [-0.3, -0.25) is 0 Å². The van der Waals surface area contributed by atoms with E-state index in [1.807, 2.05) is 38.1 Å². The summed E-state index contributed by atoms with van der Waals surface area (Å²) < 4.78 is 27.8. The van der Waals surface area contributed by atoms with Gasteiger partial charge in [-0.1, -0.05) is 53.6 Å². The zero-order valence-corrected chi connectivity index (χ0v) is 13.7. The summed E-state index contributed by atoms with van der Waals surface area (Å²) in [5.74, 6) is 0. The van der Waals surface area contributed by atoms with Crippen molar-refractivity contribution in [2.24, 2.45) is 0 Å². The third-order valence-electron chi connectivity index (χ3n) is 3.51. The molecule has 0 aromatic heterocycles. The van der Waals surface area contributed by atoms with E-state index in [1.165, 1.54) is 0 Å². The summed E-state index contributed by atoms with van der Waals surface area (Å²) in [5, 5.41) is 0. The SMILES string of the molecule is C=CCC(NS(=O)(=O)c1ccc(C)cc1)c1ccc(C)cc1. The van der Waals surface area contributed by atoms with Gasteiger partial charge >= 0.3 is 0 Å². The first-order valence-corrected chi connectivity index (χ1v) is 8.67. The second-order valence-electron chi connectivity index (χ2n) is 5.42. The van der Waals surface area contributed by atoms with Gasteiger partial charge in [0.1, 0.15) is 0 Å². The van der Waals surface area contributed by atoms with Crippen LogP contribution in [0.15, 0.2) is 66.1 Å². The van der Waals surface area contributed by atoms with Gasteiger partial charge in [0.05, 0.1) is 10.9 Å². The molecule has 0 amide bonds. The molecular weight excluding hydrogens is 294 g/mol. The van der Waals surface area contributed by atoms with E-state index in [9.17, 15) is 8.42 Å². The minimum absolute atomic E-state index is 0.277. The van der Waals surface area contributed by atoms with Crippen LogP contribution in [0.4, 0.5) is 0 Å². The molecule has 0 heterocycles. The van der Waals surface area contributed by atoms with E-state index in [1.54, 1.807) is 30.3 Å². The van der Waals surface area contributed by atoms with E-state index in [2.05, 4.69) is 11.3 Å². The van der Waals surface area contributed by atoms with Gasteiger partial charge < -0.3 is 0 Å². The molecule has 22 heavy (non-hydrogen) atoms. The summed E-state index contributed by atoms with van der Waals surface area (Å²) in [5.41, 5.74) is 3.10. The first-order chi connectivity index (χ1) is 10.4. The Morgan fingerprint density at radius 3 is 2.00 bits per heavy atom. The van der Waals surface area contributed by atoms with E-state index in [4.69, 9.17) is 0 Å². The summed E-state index contributed by atoms with van der Waals surface area (Å²) >= 11 is 0. The molecule has 1 atom stereocenters. The van der Waals surface area contributed by atoms with Crippen LogP contribution in [0.3, 0.4) is 0 Å². The van der Waals surface area contributed by atoms with Crippen molar-refractivity contribution in [3.05, 3.63) is 77.9 Å². The molecule has 0 saturated heterocycles. The van der Waals surface area contributed by atoms with Crippen LogP contribution < -0.4 is 4.72 Å². The minimum atomic E-state index is -3.55. The van der Waals surface area contributed by atoms with Crippen LogP contribution in [-0.4, -0.2) is 8.42 Å². The molecule has 0 fully saturated rings. The summed E-state index contributed by atoms with van der Waals surface area (Å²) in [6.45, 7) is 7.65. The Hall–Kier alpha value is -1.91. The second kappa shape index (κ2) is 6.90. The van der Waals surface area contributed by atoms with Gasteiger partial charge in [-0.2, -0.15) is 0 Å². The first kappa shape index (κ1) is 16.5. The topological polar surface area (TPSA) is 46.2 Å². The lowest BCUT2D eigenvalue weighted by Crippen LogP contribution is -2.28. The fourth-order valence-electron chi connectivity index (χ4n) is 2.19. The molecule has 0 aliphatic heterocycles. The highest BCUT2D eigenvalue weighted by atomic mass is 32.2. The normalized spacial score (nSPS) is 12.8.